The van der Waals surface area contributed by atoms with Crippen LogP contribution in [0.5, 0.6) is 0 Å². The summed E-state index contributed by atoms with van der Waals surface area (Å²) < 4.78 is 4.66. The van der Waals surface area contributed by atoms with Crippen LogP contribution in [0.4, 0.5) is 5.00 Å². The fraction of sp³-hybridized carbons (Fsp3) is 0.200. The second-order valence-electron chi connectivity index (χ2n) is 2.87. The lowest BCUT2D eigenvalue weighted by molar-refractivity contribution is -0.380. The van der Waals surface area contributed by atoms with Gasteiger partial charge in [-0.1, -0.05) is 11.3 Å². The molecule has 0 fully saturated rings. The predicted octanol–water partition coefficient (Wildman–Crippen LogP) is 2.13. The van der Waals surface area contributed by atoms with E-state index in [1.165, 1.54) is 17.5 Å². The number of carbonyl (C=O) groups excluding carboxylic acids is 1. The molecule has 0 saturated heterocycles. The fourth-order valence-corrected chi connectivity index (χ4v) is 1.71. The van der Waals surface area contributed by atoms with Crippen molar-refractivity contribution < 1.29 is 14.5 Å². The van der Waals surface area contributed by atoms with Crippen molar-refractivity contribution in [2.45, 2.75) is 6.92 Å². The average Bonchev–Trinajstić information content (AvgIpc) is 2.74. The van der Waals surface area contributed by atoms with E-state index in [2.05, 4.69) is 4.74 Å². The average molecular weight is 252 g/mol. The molecule has 88 valence electrons. The van der Waals surface area contributed by atoms with E-state index in [9.17, 15) is 14.9 Å². The first-order chi connectivity index (χ1) is 8.08. The molecule has 1 heterocycles. The van der Waals surface area contributed by atoms with E-state index in [1.807, 2.05) is 0 Å². The number of thiophene rings is 1. The highest BCUT2D eigenvalue weighted by Gasteiger charge is 2.13. The number of ether oxygens (including phenoxy) is 1. The number of carbonyl (C=O) groups is 1. The number of hydrogen-bond donors (Lipinski definition) is 0. The minimum atomic E-state index is -0.733. The van der Waals surface area contributed by atoms with Gasteiger partial charge in [0.15, 0.2) is 0 Å². The molecular formula is C10H8N2O4S. The van der Waals surface area contributed by atoms with E-state index < -0.39 is 10.9 Å². The largest absolute Gasteiger partial charge is 0.462 e. The molecule has 0 aromatic carbocycles. The summed E-state index contributed by atoms with van der Waals surface area (Å²) in [6, 6.07) is 2.99. The molecular weight excluding hydrogens is 244 g/mol. The molecule has 0 aliphatic carbocycles. The molecule has 0 atom stereocenters. The van der Waals surface area contributed by atoms with Crippen LogP contribution in [0.3, 0.4) is 0 Å². The van der Waals surface area contributed by atoms with Crippen LogP contribution < -0.4 is 0 Å². The lowest BCUT2D eigenvalue weighted by Crippen LogP contribution is -2.05. The molecule has 7 heteroatoms. The third kappa shape index (κ3) is 3.39. The summed E-state index contributed by atoms with van der Waals surface area (Å²) in [5, 5.41) is 20.6. The summed E-state index contributed by atoms with van der Waals surface area (Å²) >= 11 is 0.930. The molecule has 1 rings (SSSR count). The molecule has 0 unspecified atom stereocenters. The number of nitro groups is 1. The smallest absolute Gasteiger partial charge is 0.348 e. The van der Waals surface area contributed by atoms with Gasteiger partial charge in [-0.15, -0.1) is 0 Å². The van der Waals surface area contributed by atoms with Gasteiger partial charge in [-0.25, -0.2) is 4.79 Å². The predicted molar refractivity (Wildman–Crippen MR) is 61.2 cm³/mol. The summed E-state index contributed by atoms with van der Waals surface area (Å²) in [6.07, 6.45) is 1.27. The second kappa shape index (κ2) is 5.77. The van der Waals surface area contributed by atoms with Crippen molar-refractivity contribution in [1.29, 1.82) is 5.26 Å². The monoisotopic (exact) mass is 252 g/mol. The van der Waals surface area contributed by atoms with E-state index in [-0.39, 0.29) is 17.2 Å². The zero-order chi connectivity index (χ0) is 12.8. The fourth-order valence-electron chi connectivity index (χ4n) is 1.02. The van der Waals surface area contributed by atoms with Crippen LogP contribution in [-0.2, 0) is 9.53 Å². The number of nitriles is 1. The first kappa shape index (κ1) is 12.9. The molecule has 1 aromatic rings. The quantitative estimate of drug-likeness (QED) is 0.269. The SMILES string of the molecule is CCOC(=O)/C(C#N)=C\c1csc([N+](=O)[O-])c1. The van der Waals surface area contributed by atoms with E-state index in [1.54, 1.807) is 13.0 Å². The Bertz CT molecular complexity index is 513. The van der Waals surface area contributed by atoms with Crippen molar-refractivity contribution in [3.8, 4) is 6.07 Å². The molecule has 0 aliphatic heterocycles. The Morgan fingerprint density at radius 2 is 2.47 bits per heavy atom. The van der Waals surface area contributed by atoms with Crippen LogP contribution in [0.1, 0.15) is 12.5 Å². The third-order valence-electron chi connectivity index (χ3n) is 1.71. The molecule has 0 radical (unpaired) electrons. The minimum Gasteiger partial charge on any atom is -0.462 e. The Morgan fingerprint density at radius 1 is 1.76 bits per heavy atom. The summed E-state index contributed by atoms with van der Waals surface area (Å²) in [5.41, 5.74) is 0.255. The topological polar surface area (TPSA) is 93.2 Å². The molecule has 0 bridgehead atoms. The van der Waals surface area contributed by atoms with Crippen molar-refractivity contribution in [3.05, 3.63) is 32.7 Å². The van der Waals surface area contributed by atoms with Crippen molar-refractivity contribution in [1.82, 2.24) is 0 Å². The molecule has 0 amide bonds. The Balaban J connectivity index is 2.95. The summed E-state index contributed by atoms with van der Waals surface area (Å²) in [5.74, 6) is -0.733. The van der Waals surface area contributed by atoms with Gasteiger partial charge < -0.3 is 4.74 Å². The minimum absolute atomic E-state index is 0.0441. The van der Waals surface area contributed by atoms with E-state index in [0.29, 0.717) is 5.56 Å². The maximum absolute atomic E-state index is 11.3. The van der Waals surface area contributed by atoms with Gasteiger partial charge in [-0.2, -0.15) is 5.26 Å². The summed E-state index contributed by atoms with van der Waals surface area (Å²) in [7, 11) is 0. The van der Waals surface area contributed by atoms with Crippen molar-refractivity contribution in [2.75, 3.05) is 6.61 Å². The molecule has 1 aromatic heterocycles. The van der Waals surface area contributed by atoms with Gasteiger partial charge in [0.25, 0.3) is 0 Å². The number of nitrogens with zero attached hydrogens (tertiary/aromatic N) is 2. The van der Waals surface area contributed by atoms with Gasteiger partial charge >= 0.3 is 11.0 Å². The second-order valence-corrected chi connectivity index (χ2v) is 3.76. The number of esters is 1. The van der Waals surface area contributed by atoms with E-state index in [0.717, 1.165) is 11.3 Å². The van der Waals surface area contributed by atoms with Crippen LogP contribution >= 0.6 is 11.3 Å². The highest BCUT2D eigenvalue weighted by molar-refractivity contribution is 7.13. The lowest BCUT2D eigenvalue weighted by atomic mass is 10.2. The molecule has 0 aliphatic rings. The normalized spacial score (nSPS) is 10.7. The maximum atomic E-state index is 11.3. The summed E-state index contributed by atoms with van der Waals surface area (Å²) in [6.45, 7) is 1.80. The van der Waals surface area contributed by atoms with Gasteiger partial charge in [-0.3, -0.25) is 10.1 Å². The van der Waals surface area contributed by atoms with Gasteiger partial charge in [-0.05, 0) is 18.6 Å². The summed E-state index contributed by atoms with van der Waals surface area (Å²) in [4.78, 5) is 21.2. The van der Waals surface area contributed by atoms with Crippen LogP contribution in [0, 0.1) is 21.4 Å². The number of rotatable bonds is 4. The van der Waals surface area contributed by atoms with Gasteiger partial charge in [0.2, 0.25) is 0 Å². The molecule has 0 N–H and O–H groups in total. The zero-order valence-electron chi connectivity index (χ0n) is 8.87. The first-order valence-electron chi connectivity index (χ1n) is 4.60. The van der Waals surface area contributed by atoms with Gasteiger partial charge in [0.05, 0.1) is 11.5 Å². The van der Waals surface area contributed by atoms with Crippen LogP contribution in [0.15, 0.2) is 17.0 Å². The maximum Gasteiger partial charge on any atom is 0.348 e. The van der Waals surface area contributed by atoms with E-state index >= 15 is 0 Å². The van der Waals surface area contributed by atoms with E-state index in [4.69, 9.17) is 5.26 Å². The molecule has 17 heavy (non-hydrogen) atoms. The molecule has 0 saturated carbocycles. The van der Waals surface area contributed by atoms with Gasteiger partial charge in [0, 0.05) is 11.4 Å². The van der Waals surface area contributed by atoms with Crippen molar-refractivity contribution in [2.24, 2.45) is 0 Å². The third-order valence-corrected chi connectivity index (χ3v) is 2.61. The molecule has 0 spiro atoms. The van der Waals surface area contributed by atoms with Gasteiger partial charge in [0.1, 0.15) is 11.6 Å². The Morgan fingerprint density at radius 3 is 2.94 bits per heavy atom. The standard InChI is InChI=1S/C10H8N2O4S/c1-2-16-10(13)8(5-11)3-7-4-9(12(14)15)17-6-7/h3-4,6H,2H2,1H3/b8-3-. The zero-order valence-corrected chi connectivity index (χ0v) is 9.69. The van der Waals surface area contributed by atoms with Crippen LogP contribution in [-0.4, -0.2) is 17.5 Å². The highest BCUT2D eigenvalue weighted by Crippen LogP contribution is 2.24. The highest BCUT2D eigenvalue weighted by atomic mass is 32.1. The lowest BCUT2D eigenvalue weighted by Gasteiger charge is -1.97. The van der Waals surface area contributed by atoms with Crippen LogP contribution in [0.25, 0.3) is 6.08 Å². The van der Waals surface area contributed by atoms with Crippen molar-refractivity contribution >= 4 is 28.4 Å². The van der Waals surface area contributed by atoms with Crippen molar-refractivity contribution in [3.63, 3.8) is 0 Å². The Hall–Kier alpha value is -2.20. The number of hydrogen-bond acceptors (Lipinski definition) is 6. The Kier molecular flexibility index (Phi) is 4.37. The van der Waals surface area contributed by atoms with Crippen LogP contribution in [0.2, 0.25) is 0 Å². The molecule has 6 nitrogen and oxygen atoms in total. The first-order valence-corrected chi connectivity index (χ1v) is 5.48. The Labute approximate surface area is 101 Å².